The average molecular weight is 249 g/mol. The minimum atomic E-state index is 0.426. The van der Waals surface area contributed by atoms with Crippen LogP contribution in [0, 0.1) is 11.8 Å². The lowest BCUT2D eigenvalue weighted by atomic mass is 10.1. The van der Waals surface area contributed by atoms with Crippen molar-refractivity contribution in [1.82, 2.24) is 4.98 Å². The van der Waals surface area contributed by atoms with E-state index in [-0.39, 0.29) is 0 Å². The molecule has 1 aromatic rings. The number of hydrogen-bond donors (Lipinski definition) is 2. The Hall–Kier alpha value is -1.16. The Morgan fingerprint density at radius 2 is 2.41 bits per heavy atom. The highest BCUT2D eigenvalue weighted by molar-refractivity contribution is 7.80. The largest absolute Gasteiger partial charge is 0.389 e. The summed E-state index contributed by atoms with van der Waals surface area (Å²) in [5, 5.41) is 3.43. The maximum Gasteiger partial charge on any atom is 0.106 e. The standard InChI is InChI=1S/C13H19N3S/c1-9-2-3-10(6-9)7-16-12-8-15-5-4-11(12)13(14)17/h4-5,8-10,16H,2-3,6-7H2,1H3,(H2,14,17). The van der Waals surface area contributed by atoms with Gasteiger partial charge in [-0.15, -0.1) is 0 Å². The van der Waals surface area contributed by atoms with Gasteiger partial charge >= 0.3 is 0 Å². The molecular formula is C13H19N3S. The molecule has 3 N–H and O–H groups in total. The smallest absolute Gasteiger partial charge is 0.106 e. The number of nitrogens with two attached hydrogens (primary N) is 1. The zero-order chi connectivity index (χ0) is 12.3. The van der Waals surface area contributed by atoms with E-state index in [0.29, 0.717) is 4.99 Å². The zero-order valence-electron chi connectivity index (χ0n) is 10.1. The van der Waals surface area contributed by atoms with Crippen LogP contribution in [0.15, 0.2) is 18.5 Å². The number of anilines is 1. The summed E-state index contributed by atoms with van der Waals surface area (Å²) < 4.78 is 0. The van der Waals surface area contributed by atoms with Crippen LogP contribution in [0.1, 0.15) is 31.7 Å². The van der Waals surface area contributed by atoms with E-state index in [1.807, 2.05) is 6.07 Å². The van der Waals surface area contributed by atoms with Gasteiger partial charge in [0.25, 0.3) is 0 Å². The van der Waals surface area contributed by atoms with E-state index in [9.17, 15) is 0 Å². The van der Waals surface area contributed by atoms with Crippen molar-refractivity contribution in [2.45, 2.75) is 26.2 Å². The summed E-state index contributed by atoms with van der Waals surface area (Å²) >= 11 is 5.03. The minimum absolute atomic E-state index is 0.426. The van der Waals surface area contributed by atoms with Gasteiger partial charge in [0.05, 0.1) is 11.9 Å². The Balaban J connectivity index is 1.97. The molecule has 1 aromatic heterocycles. The third-order valence-corrected chi connectivity index (χ3v) is 3.69. The molecule has 2 unspecified atom stereocenters. The lowest BCUT2D eigenvalue weighted by molar-refractivity contribution is 0.537. The number of nitrogens with zero attached hydrogens (tertiary/aromatic N) is 1. The predicted octanol–water partition coefficient (Wildman–Crippen LogP) is 2.56. The van der Waals surface area contributed by atoms with Crippen LogP contribution in [-0.4, -0.2) is 16.5 Å². The third kappa shape index (κ3) is 3.16. The van der Waals surface area contributed by atoms with Crippen molar-refractivity contribution in [2.24, 2.45) is 17.6 Å². The summed E-state index contributed by atoms with van der Waals surface area (Å²) in [6, 6.07) is 1.86. The van der Waals surface area contributed by atoms with Crippen molar-refractivity contribution in [3.8, 4) is 0 Å². The van der Waals surface area contributed by atoms with Crippen LogP contribution >= 0.6 is 12.2 Å². The van der Waals surface area contributed by atoms with Crippen LogP contribution < -0.4 is 11.1 Å². The Bertz CT molecular complexity index is 405. The Morgan fingerprint density at radius 3 is 3.06 bits per heavy atom. The number of aromatic nitrogens is 1. The van der Waals surface area contributed by atoms with Crippen LogP contribution in [0.4, 0.5) is 5.69 Å². The number of hydrogen-bond acceptors (Lipinski definition) is 3. The summed E-state index contributed by atoms with van der Waals surface area (Å²) in [5.74, 6) is 1.63. The first-order valence-corrected chi connectivity index (χ1v) is 6.55. The van der Waals surface area contributed by atoms with Gasteiger partial charge in [-0.3, -0.25) is 4.98 Å². The molecule has 0 amide bonds. The molecular weight excluding hydrogens is 230 g/mol. The highest BCUT2D eigenvalue weighted by atomic mass is 32.1. The second-order valence-electron chi connectivity index (χ2n) is 4.95. The second-order valence-corrected chi connectivity index (χ2v) is 5.39. The van der Waals surface area contributed by atoms with E-state index in [1.165, 1.54) is 19.3 Å². The molecule has 1 aliphatic rings. The molecule has 17 heavy (non-hydrogen) atoms. The molecule has 1 saturated carbocycles. The van der Waals surface area contributed by atoms with Gasteiger partial charge in [-0.05, 0) is 30.7 Å². The predicted molar refractivity (Wildman–Crippen MR) is 75.1 cm³/mol. The van der Waals surface area contributed by atoms with Gasteiger partial charge in [0.1, 0.15) is 4.99 Å². The van der Waals surface area contributed by atoms with Gasteiger partial charge in [-0.25, -0.2) is 0 Å². The minimum Gasteiger partial charge on any atom is -0.389 e. The quantitative estimate of drug-likeness (QED) is 0.805. The maximum atomic E-state index is 5.68. The molecule has 1 fully saturated rings. The summed E-state index contributed by atoms with van der Waals surface area (Å²) in [4.78, 5) is 4.54. The van der Waals surface area contributed by atoms with Crippen LogP contribution in [0.2, 0.25) is 0 Å². The van der Waals surface area contributed by atoms with Crippen molar-refractivity contribution in [3.63, 3.8) is 0 Å². The monoisotopic (exact) mass is 249 g/mol. The fourth-order valence-corrected chi connectivity index (χ4v) is 2.69. The van der Waals surface area contributed by atoms with E-state index in [4.69, 9.17) is 18.0 Å². The SMILES string of the molecule is CC1CCC(CNc2cnccc2C(N)=S)C1. The van der Waals surface area contributed by atoms with Crippen molar-refractivity contribution in [1.29, 1.82) is 0 Å². The molecule has 4 heteroatoms. The van der Waals surface area contributed by atoms with Crippen molar-refractivity contribution in [3.05, 3.63) is 24.0 Å². The molecule has 0 radical (unpaired) electrons. The number of thiocarbonyl (C=S) groups is 1. The number of pyridine rings is 1. The first kappa shape index (κ1) is 12.3. The van der Waals surface area contributed by atoms with Gasteiger partial charge in [0, 0.05) is 18.3 Å². The highest BCUT2D eigenvalue weighted by Crippen LogP contribution is 2.30. The molecule has 0 aliphatic heterocycles. The van der Waals surface area contributed by atoms with E-state index < -0.39 is 0 Å². The van der Waals surface area contributed by atoms with Crippen LogP contribution in [0.5, 0.6) is 0 Å². The first-order chi connectivity index (χ1) is 8.16. The molecule has 0 bridgehead atoms. The highest BCUT2D eigenvalue weighted by Gasteiger charge is 2.21. The molecule has 1 aliphatic carbocycles. The fourth-order valence-electron chi connectivity index (χ4n) is 2.51. The normalized spacial score (nSPS) is 23.6. The van der Waals surface area contributed by atoms with Gasteiger partial charge in [0.2, 0.25) is 0 Å². The Kier molecular flexibility index (Phi) is 3.94. The molecule has 2 rings (SSSR count). The van der Waals surface area contributed by atoms with Crippen molar-refractivity contribution < 1.29 is 0 Å². The van der Waals surface area contributed by atoms with Crippen LogP contribution in [-0.2, 0) is 0 Å². The molecule has 1 heterocycles. The lowest BCUT2D eigenvalue weighted by Gasteiger charge is -2.14. The first-order valence-electron chi connectivity index (χ1n) is 6.14. The molecule has 3 nitrogen and oxygen atoms in total. The summed E-state index contributed by atoms with van der Waals surface area (Å²) in [6.07, 6.45) is 7.50. The van der Waals surface area contributed by atoms with Crippen molar-refractivity contribution >= 4 is 22.9 Å². The van der Waals surface area contributed by atoms with E-state index in [0.717, 1.165) is 29.6 Å². The van der Waals surface area contributed by atoms with Gasteiger partial charge in [-0.1, -0.05) is 25.6 Å². The Labute approximate surface area is 108 Å². The fraction of sp³-hybridized carbons (Fsp3) is 0.538. The van der Waals surface area contributed by atoms with Crippen LogP contribution in [0.25, 0.3) is 0 Å². The Morgan fingerprint density at radius 1 is 1.59 bits per heavy atom. The second kappa shape index (κ2) is 5.45. The van der Waals surface area contributed by atoms with Gasteiger partial charge in [-0.2, -0.15) is 0 Å². The van der Waals surface area contributed by atoms with E-state index in [1.54, 1.807) is 12.4 Å². The molecule has 92 valence electrons. The lowest BCUT2D eigenvalue weighted by Crippen LogP contribution is -2.17. The van der Waals surface area contributed by atoms with Crippen molar-refractivity contribution in [2.75, 3.05) is 11.9 Å². The van der Waals surface area contributed by atoms with Crippen LogP contribution in [0.3, 0.4) is 0 Å². The average Bonchev–Trinajstić information content (AvgIpc) is 2.73. The molecule has 0 saturated heterocycles. The zero-order valence-corrected chi connectivity index (χ0v) is 11.0. The van der Waals surface area contributed by atoms with E-state index in [2.05, 4.69) is 17.2 Å². The van der Waals surface area contributed by atoms with Gasteiger partial charge in [0.15, 0.2) is 0 Å². The summed E-state index contributed by atoms with van der Waals surface area (Å²) in [7, 11) is 0. The van der Waals surface area contributed by atoms with Gasteiger partial charge < -0.3 is 11.1 Å². The number of rotatable bonds is 4. The van der Waals surface area contributed by atoms with E-state index >= 15 is 0 Å². The number of nitrogens with one attached hydrogen (secondary N) is 1. The molecule has 0 aromatic carbocycles. The topological polar surface area (TPSA) is 50.9 Å². The third-order valence-electron chi connectivity index (χ3n) is 3.47. The summed E-state index contributed by atoms with van der Waals surface area (Å²) in [5.41, 5.74) is 7.53. The molecule has 0 spiro atoms. The summed E-state index contributed by atoms with van der Waals surface area (Å²) in [6.45, 7) is 3.32. The maximum absolute atomic E-state index is 5.68. The molecule has 2 atom stereocenters.